The molecule has 4 heteroatoms. The summed E-state index contributed by atoms with van der Waals surface area (Å²) in [5, 5.41) is 6.69. The second kappa shape index (κ2) is 2.70. The summed E-state index contributed by atoms with van der Waals surface area (Å²) in [6, 6.07) is 0. The molecular weight excluding hydrogens is 128 g/mol. The SMILES string of the molecule is CN(C)c1cn[nH]c1CN. The summed E-state index contributed by atoms with van der Waals surface area (Å²) in [4.78, 5) is 1.98. The number of nitrogens with zero attached hydrogens (tertiary/aromatic N) is 2. The average Bonchev–Trinajstić information content (AvgIpc) is 2.33. The Hall–Kier alpha value is -1.03. The predicted octanol–water partition coefficient (Wildman–Crippen LogP) is -0.0656. The monoisotopic (exact) mass is 140 g/mol. The van der Waals surface area contributed by atoms with Crippen molar-refractivity contribution in [3.8, 4) is 0 Å². The van der Waals surface area contributed by atoms with E-state index in [0.29, 0.717) is 6.54 Å². The van der Waals surface area contributed by atoms with Gasteiger partial charge in [0.25, 0.3) is 0 Å². The summed E-state index contributed by atoms with van der Waals surface area (Å²) in [5.74, 6) is 0. The third-order valence-electron chi connectivity index (χ3n) is 1.38. The number of hydrogen-bond acceptors (Lipinski definition) is 3. The minimum absolute atomic E-state index is 0.507. The van der Waals surface area contributed by atoms with Crippen LogP contribution in [0.3, 0.4) is 0 Å². The summed E-state index contributed by atoms with van der Waals surface area (Å²) in [7, 11) is 3.92. The molecule has 10 heavy (non-hydrogen) atoms. The van der Waals surface area contributed by atoms with Crippen molar-refractivity contribution in [2.75, 3.05) is 19.0 Å². The highest BCUT2D eigenvalue weighted by Crippen LogP contribution is 2.12. The lowest BCUT2D eigenvalue weighted by molar-refractivity contribution is 0.939. The summed E-state index contributed by atoms with van der Waals surface area (Å²) >= 11 is 0. The molecule has 1 aromatic rings. The van der Waals surface area contributed by atoms with Gasteiger partial charge in [0.2, 0.25) is 0 Å². The van der Waals surface area contributed by atoms with Gasteiger partial charge in [-0.3, -0.25) is 5.10 Å². The maximum atomic E-state index is 5.43. The maximum absolute atomic E-state index is 5.43. The van der Waals surface area contributed by atoms with E-state index in [4.69, 9.17) is 5.73 Å². The zero-order valence-corrected chi connectivity index (χ0v) is 6.26. The van der Waals surface area contributed by atoms with Crippen molar-refractivity contribution < 1.29 is 0 Å². The molecular formula is C6H12N4. The summed E-state index contributed by atoms with van der Waals surface area (Å²) < 4.78 is 0. The molecule has 1 aromatic heterocycles. The quantitative estimate of drug-likeness (QED) is 0.604. The lowest BCUT2D eigenvalue weighted by Gasteiger charge is -2.10. The number of H-pyrrole nitrogens is 1. The van der Waals surface area contributed by atoms with Gasteiger partial charge in [-0.25, -0.2) is 0 Å². The molecule has 0 fully saturated rings. The van der Waals surface area contributed by atoms with E-state index in [9.17, 15) is 0 Å². The largest absolute Gasteiger partial charge is 0.375 e. The van der Waals surface area contributed by atoms with E-state index in [1.807, 2.05) is 19.0 Å². The van der Waals surface area contributed by atoms with Crippen LogP contribution < -0.4 is 10.6 Å². The lowest BCUT2D eigenvalue weighted by Crippen LogP contribution is -2.11. The van der Waals surface area contributed by atoms with Gasteiger partial charge in [0.15, 0.2) is 0 Å². The van der Waals surface area contributed by atoms with Crippen LogP contribution >= 0.6 is 0 Å². The normalized spacial score (nSPS) is 9.90. The van der Waals surface area contributed by atoms with Crippen molar-refractivity contribution in [3.05, 3.63) is 11.9 Å². The number of nitrogens with one attached hydrogen (secondary N) is 1. The van der Waals surface area contributed by atoms with Crippen LogP contribution in [0.15, 0.2) is 6.20 Å². The molecule has 1 rings (SSSR count). The number of aromatic amines is 1. The fraction of sp³-hybridized carbons (Fsp3) is 0.500. The van der Waals surface area contributed by atoms with E-state index >= 15 is 0 Å². The third kappa shape index (κ3) is 1.11. The second-order valence-electron chi connectivity index (χ2n) is 2.33. The summed E-state index contributed by atoms with van der Waals surface area (Å²) in [6.45, 7) is 0.507. The second-order valence-corrected chi connectivity index (χ2v) is 2.33. The Kier molecular flexibility index (Phi) is 1.91. The van der Waals surface area contributed by atoms with Crippen molar-refractivity contribution in [1.82, 2.24) is 10.2 Å². The molecule has 0 atom stereocenters. The summed E-state index contributed by atoms with van der Waals surface area (Å²) in [6.07, 6.45) is 1.77. The van der Waals surface area contributed by atoms with Crippen LogP contribution in [-0.4, -0.2) is 24.3 Å². The van der Waals surface area contributed by atoms with Gasteiger partial charge < -0.3 is 10.6 Å². The van der Waals surface area contributed by atoms with Crippen molar-refractivity contribution in [1.29, 1.82) is 0 Å². The Labute approximate surface area is 60.0 Å². The van der Waals surface area contributed by atoms with E-state index < -0.39 is 0 Å². The van der Waals surface area contributed by atoms with Crippen LogP contribution in [0.2, 0.25) is 0 Å². The van der Waals surface area contributed by atoms with Gasteiger partial charge in [-0.15, -0.1) is 0 Å². The minimum Gasteiger partial charge on any atom is -0.375 e. The lowest BCUT2D eigenvalue weighted by atomic mass is 10.3. The van der Waals surface area contributed by atoms with Gasteiger partial charge >= 0.3 is 0 Å². The Morgan fingerprint density at radius 3 is 2.80 bits per heavy atom. The van der Waals surface area contributed by atoms with E-state index in [0.717, 1.165) is 11.4 Å². The first-order chi connectivity index (χ1) is 4.75. The molecule has 0 aromatic carbocycles. The first-order valence-corrected chi connectivity index (χ1v) is 3.15. The molecule has 0 aliphatic rings. The third-order valence-corrected chi connectivity index (χ3v) is 1.38. The van der Waals surface area contributed by atoms with Crippen molar-refractivity contribution in [3.63, 3.8) is 0 Å². The van der Waals surface area contributed by atoms with Crippen LogP contribution in [-0.2, 0) is 6.54 Å². The van der Waals surface area contributed by atoms with Crippen molar-refractivity contribution in [2.24, 2.45) is 5.73 Å². The molecule has 0 saturated carbocycles. The zero-order valence-electron chi connectivity index (χ0n) is 6.26. The van der Waals surface area contributed by atoms with Crippen LogP contribution in [0.4, 0.5) is 5.69 Å². The van der Waals surface area contributed by atoms with Crippen molar-refractivity contribution in [2.45, 2.75) is 6.54 Å². The number of hydrogen-bond donors (Lipinski definition) is 2. The van der Waals surface area contributed by atoms with Gasteiger partial charge in [-0.2, -0.15) is 5.10 Å². The minimum atomic E-state index is 0.507. The van der Waals surface area contributed by atoms with E-state index in [1.54, 1.807) is 6.20 Å². The number of rotatable bonds is 2. The zero-order chi connectivity index (χ0) is 7.56. The highest BCUT2D eigenvalue weighted by molar-refractivity contribution is 5.47. The van der Waals surface area contributed by atoms with Crippen LogP contribution in [0.25, 0.3) is 0 Å². The number of anilines is 1. The fourth-order valence-corrected chi connectivity index (χ4v) is 0.842. The van der Waals surface area contributed by atoms with Gasteiger partial charge in [0.05, 0.1) is 17.6 Å². The molecule has 0 aliphatic heterocycles. The Bertz CT molecular complexity index is 203. The van der Waals surface area contributed by atoms with Crippen LogP contribution in [0.5, 0.6) is 0 Å². The molecule has 0 amide bonds. The van der Waals surface area contributed by atoms with E-state index in [1.165, 1.54) is 0 Å². The molecule has 0 saturated heterocycles. The van der Waals surface area contributed by atoms with Crippen LogP contribution in [0.1, 0.15) is 5.69 Å². The number of aromatic nitrogens is 2. The highest BCUT2D eigenvalue weighted by atomic mass is 15.2. The van der Waals surface area contributed by atoms with Gasteiger partial charge in [-0.05, 0) is 0 Å². The molecule has 0 spiro atoms. The Balaban J connectivity index is 2.90. The Morgan fingerprint density at radius 2 is 2.40 bits per heavy atom. The maximum Gasteiger partial charge on any atom is 0.0790 e. The van der Waals surface area contributed by atoms with Gasteiger partial charge in [0, 0.05) is 20.6 Å². The molecule has 0 unspecified atom stereocenters. The molecule has 0 aliphatic carbocycles. The average molecular weight is 140 g/mol. The molecule has 0 bridgehead atoms. The highest BCUT2D eigenvalue weighted by Gasteiger charge is 2.02. The first kappa shape index (κ1) is 7.08. The fourth-order valence-electron chi connectivity index (χ4n) is 0.842. The predicted molar refractivity (Wildman–Crippen MR) is 40.8 cm³/mol. The smallest absolute Gasteiger partial charge is 0.0790 e. The molecule has 3 N–H and O–H groups in total. The van der Waals surface area contributed by atoms with E-state index in [-0.39, 0.29) is 0 Å². The Morgan fingerprint density at radius 1 is 1.70 bits per heavy atom. The van der Waals surface area contributed by atoms with Gasteiger partial charge in [0.1, 0.15) is 0 Å². The van der Waals surface area contributed by atoms with Crippen molar-refractivity contribution >= 4 is 5.69 Å². The summed E-state index contributed by atoms with van der Waals surface area (Å²) in [5.41, 5.74) is 7.47. The molecule has 0 radical (unpaired) electrons. The molecule has 4 nitrogen and oxygen atoms in total. The molecule has 1 heterocycles. The topological polar surface area (TPSA) is 57.9 Å². The number of nitrogens with two attached hydrogens (primary N) is 1. The van der Waals surface area contributed by atoms with Crippen LogP contribution in [0, 0.1) is 0 Å². The van der Waals surface area contributed by atoms with E-state index in [2.05, 4.69) is 10.2 Å². The van der Waals surface area contributed by atoms with Gasteiger partial charge in [-0.1, -0.05) is 0 Å². The standard InChI is InChI=1S/C6H12N4/c1-10(2)6-4-8-9-5(6)3-7/h4H,3,7H2,1-2H3,(H,8,9). The first-order valence-electron chi connectivity index (χ1n) is 3.15. The molecule has 56 valence electrons.